The molecule has 1 aromatic rings. The third-order valence-corrected chi connectivity index (χ3v) is 2.84. The van der Waals surface area contributed by atoms with Crippen LogP contribution in [0.25, 0.3) is 0 Å². The van der Waals surface area contributed by atoms with E-state index in [1.165, 1.54) is 0 Å². The van der Waals surface area contributed by atoms with Crippen molar-refractivity contribution in [1.82, 2.24) is 0 Å². The molecule has 3 nitrogen and oxygen atoms in total. The molecule has 0 aliphatic heterocycles. The molecule has 1 aromatic carbocycles. The first-order valence-corrected chi connectivity index (χ1v) is 5.53. The largest absolute Gasteiger partial charge is 0.508 e. The molecule has 1 rings (SSSR count). The van der Waals surface area contributed by atoms with Crippen LogP contribution in [0.5, 0.6) is 5.75 Å². The Bertz CT molecular complexity index is 350. The highest BCUT2D eigenvalue weighted by Gasteiger charge is 2.23. The van der Waals surface area contributed by atoms with Crippen LogP contribution in [-0.4, -0.2) is 16.3 Å². The number of benzene rings is 1. The normalized spacial score (nSPS) is 14.9. The average molecular weight is 260 g/mol. The highest BCUT2D eigenvalue weighted by molar-refractivity contribution is 5.85. The topological polar surface area (TPSA) is 66.5 Å². The minimum atomic E-state index is -0.624. The van der Waals surface area contributed by atoms with Gasteiger partial charge in [-0.1, -0.05) is 32.9 Å². The molecule has 0 saturated heterocycles. The molecule has 4 N–H and O–H groups in total. The molecule has 0 bridgehead atoms. The monoisotopic (exact) mass is 259 g/mol. The highest BCUT2D eigenvalue weighted by Crippen LogP contribution is 2.27. The summed E-state index contributed by atoms with van der Waals surface area (Å²) in [6, 6.07) is 6.58. The number of nitrogens with two attached hydrogens (primary N) is 1. The zero-order valence-corrected chi connectivity index (χ0v) is 11.4. The molecule has 17 heavy (non-hydrogen) atoms. The Balaban J connectivity index is 0.00000256. The maximum atomic E-state index is 9.99. The first kappa shape index (κ1) is 16.2. The Labute approximate surface area is 109 Å². The third-order valence-electron chi connectivity index (χ3n) is 2.84. The Morgan fingerprint density at radius 1 is 1.29 bits per heavy atom. The summed E-state index contributed by atoms with van der Waals surface area (Å²) in [5, 5.41) is 19.3. The van der Waals surface area contributed by atoms with Crippen LogP contribution in [0.3, 0.4) is 0 Å². The van der Waals surface area contributed by atoms with Crippen molar-refractivity contribution < 1.29 is 10.2 Å². The van der Waals surface area contributed by atoms with E-state index in [9.17, 15) is 10.2 Å². The second kappa shape index (κ2) is 6.24. The van der Waals surface area contributed by atoms with Crippen molar-refractivity contribution in [2.24, 2.45) is 11.1 Å². The zero-order valence-electron chi connectivity index (χ0n) is 10.6. The predicted octanol–water partition coefficient (Wildman–Crippen LogP) is 2.61. The van der Waals surface area contributed by atoms with E-state index < -0.39 is 6.10 Å². The van der Waals surface area contributed by atoms with E-state index in [2.05, 4.69) is 0 Å². The van der Waals surface area contributed by atoms with E-state index in [1.807, 2.05) is 20.8 Å². The smallest absolute Gasteiger partial charge is 0.115 e. The summed E-state index contributed by atoms with van der Waals surface area (Å²) in [4.78, 5) is 0. The Morgan fingerprint density at radius 2 is 1.88 bits per heavy atom. The van der Waals surface area contributed by atoms with Gasteiger partial charge in [-0.3, -0.25) is 0 Å². The fourth-order valence-electron chi connectivity index (χ4n) is 1.46. The van der Waals surface area contributed by atoms with Crippen LogP contribution in [0.1, 0.15) is 38.9 Å². The quantitative estimate of drug-likeness (QED) is 0.782. The SMILES string of the molecule is CC(C)(C)[C@@H](N)C[C@@H](O)c1cccc(O)c1.Cl. The van der Waals surface area contributed by atoms with Crippen LogP contribution in [0.2, 0.25) is 0 Å². The first-order valence-electron chi connectivity index (χ1n) is 5.53. The van der Waals surface area contributed by atoms with Gasteiger partial charge in [0.2, 0.25) is 0 Å². The van der Waals surface area contributed by atoms with Gasteiger partial charge in [-0.25, -0.2) is 0 Å². The summed E-state index contributed by atoms with van der Waals surface area (Å²) >= 11 is 0. The highest BCUT2D eigenvalue weighted by atomic mass is 35.5. The van der Waals surface area contributed by atoms with E-state index >= 15 is 0 Å². The molecule has 0 unspecified atom stereocenters. The number of rotatable bonds is 3. The number of aromatic hydroxyl groups is 1. The summed E-state index contributed by atoms with van der Waals surface area (Å²) in [5.41, 5.74) is 6.68. The number of aliphatic hydroxyl groups excluding tert-OH is 1. The second-order valence-electron chi connectivity index (χ2n) is 5.32. The molecular weight excluding hydrogens is 238 g/mol. The number of hydrogen-bond acceptors (Lipinski definition) is 3. The van der Waals surface area contributed by atoms with Crippen molar-refractivity contribution in [2.45, 2.75) is 39.3 Å². The number of phenols is 1. The molecule has 2 atom stereocenters. The van der Waals surface area contributed by atoms with Gasteiger partial charge in [0.05, 0.1) is 6.10 Å². The molecule has 4 heteroatoms. The Kier molecular flexibility index (Phi) is 5.96. The molecule has 0 radical (unpaired) electrons. The molecule has 0 aromatic heterocycles. The molecular formula is C13H22ClNO2. The molecule has 0 saturated carbocycles. The van der Waals surface area contributed by atoms with E-state index in [-0.39, 0.29) is 29.6 Å². The first-order chi connectivity index (χ1) is 7.30. The predicted molar refractivity (Wildman–Crippen MR) is 72.4 cm³/mol. The Hall–Kier alpha value is -0.770. The molecule has 0 aliphatic carbocycles. The van der Waals surface area contributed by atoms with E-state index in [4.69, 9.17) is 5.73 Å². The molecule has 98 valence electrons. The van der Waals surface area contributed by atoms with Crippen molar-refractivity contribution >= 4 is 12.4 Å². The van der Waals surface area contributed by atoms with Gasteiger partial charge in [-0.05, 0) is 29.5 Å². The minimum absolute atomic E-state index is 0. The van der Waals surface area contributed by atoms with Gasteiger partial charge in [-0.15, -0.1) is 12.4 Å². The molecule has 0 aliphatic rings. The van der Waals surface area contributed by atoms with Crippen molar-refractivity contribution in [2.75, 3.05) is 0 Å². The lowest BCUT2D eigenvalue weighted by Gasteiger charge is -2.29. The Morgan fingerprint density at radius 3 is 2.35 bits per heavy atom. The molecule has 0 fully saturated rings. The molecule has 0 heterocycles. The summed E-state index contributed by atoms with van der Waals surface area (Å²) in [5.74, 6) is 0.167. The van der Waals surface area contributed by atoms with E-state index in [1.54, 1.807) is 24.3 Å². The van der Waals surface area contributed by atoms with Gasteiger partial charge in [0.25, 0.3) is 0 Å². The van der Waals surface area contributed by atoms with Crippen LogP contribution in [0.15, 0.2) is 24.3 Å². The average Bonchev–Trinajstić information content (AvgIpc) is 2.16. The fraction of sp³-hybridized carbons (Fsp3) is 0.538. The van der Waals surface area contributed by atoms with Gasteiger partial charge in [0.15, 0.2) is 0 Å². The summed E-state index contributed by atoms with van der Waals surface area (Å²) in [6.07, 6.45) is -0.131. The lowest BCUT2D eigenvalue weighted by atomic mass is 9.83. The van der Waals surface area contributed by atoms with Crippen LogP contribution >= 0.6 is 12.4 Å². The lowest BCUT2D eigenvalue weighted by molar-refractivity contribution is 0.133. The molecule has 0 spiro atoms. The van der Waals surface area contributed by atoms with Gasteiger partial charge >= 0.3 is 0 Å². The van der Waals surface area contributed by atoms with Gasteiger partial charge in [0.1, 0.15) is 5.75 Å². The van der Waals surface area contributed by atoms with Crippen LogP contribution in [0.4, 0.5) is 0 Å². The van der Waals surface area contributed by atoms with Crippen molar-refractivity contribution in [3.63, 3.8) is 0 Å². The number of phenolic OH excluding ortho intramolecular Hbond substituents is 1. The summed E-state index contributed by atoms with van der Waals surface area (Å²) in [6.45, 7) is 6.15. The van der Waals surface area contributed by atoms with Crippen LogP contribution < -0.4 is 5.73 Å². The van der Waals surface area contributed by atoms with Crippen molar-refractivity contribution in [3.8, 4) is 5.75 Å². The van der Waals surface area contributed by atoms with Crippen molar-refractivity contribution in [3.05, 3.63) is 29.8 Å². The molecule has 0 amide bonds. The van der Waals surface area contributed by atoms with Gasteiger partial charge < -0.3 is 15.9 Å². The second-order valence-corrected chi connectivity index (χ2v) is 5.32. The summed E-state index contributed by atoms with van der Waals surface area (Å²) < 4.78 is 0. The number of aliphatic hydroxyl groups is 1. The van der Waals surface area contributed by atoms with E-state index in [0.29, 0.717) is 12.0 Å². The van der Waals surface area contributed by atoms with Crippen LogP contribution in [0, 0.1) is 5.41 Å². The fourth-order valence-corrected chi connectivity index (χ4v) is 1.46. The number of hydrogen-bond donors (Lipinski definition) is 3. The minimum Gasteiger partial charge on any atom is -0.508 e. The maximum Gasteiger partial charge on any atom is 0.115 e. The lowest BCUT2D eigenvalue weighted by Crippen LogP contribution is -2.36. The van der Waals surface area contributed by atoms with Crippen molar-refractivity contribution in [1.29, 1.82) is 0 Å². The van der Waals surface area contributed by atoms with Gasteiger partial charge in [0, 0.05) is 6.04 Å². The van der Waals surface area contributed by atoms with Gasteiger partial charge in [-0.2, -0.15) is 0 Å². The van der Waals surface area contributed by atoms with E-state index in [0.717, 1.165) is 0 Å². The summed E-state index contributed by atoms with van der Waals surface area (Å²) in [7, 11) is 0. The third kappa shape index (κ3) is 4.94. The standard InChI is InChI=1S/C13H21NO2.ClH/c1-13(2,3)12(14)8-11(16)9-5-4-6-10(15)7-9;/h4-7,11-12,15-16H,8,14H2,1-3H3;1H/t11-,12+;/m1./s1. The van der Waals surface area contributed by atoms with Crippen LogP contribution in [-0.2, 0) is 0 Å². The zero-order chi connectivity index (χ0) is 12.3. The number of halogens is 1. The maximum absolute atomic E-state index is 9.99.